The number of carbonyl (C=O) groups is 1. The van der Waals surface area contributed by atoms with Gasteiger partial charge in [0.1, 0.15) is 6.04 Å². The van der Waals surface area contributed by atoms with E-state index in [0.717, 1.165) is 51.1 Å². The molecule has 2 fully saturated rings. The van der Waals surface area contributed by atoms with Crippen LogP contribution in [-0.4, -0.2) is 34.6 Å². The molecule has 0 radical (unpaired) electrons. The summed E-state index contributed by atoms with van der Waals surface area (Å²) >= 11 is 0. The summed E-state index contributed by atoms with van der Waals surface area (Å²) in [4.78, 5) is 13.7. The van der Waals surface area contributed by atoms with E-state index in [1.54, 1.807) is 6.07 Å². The summed E-state index contributed by atoms with van der Waals surface area (Å²) in [7, 11) is 0. The highest BCUT2D eigenvalue weighted by molar-refractivity contribution is 5.74. The van der Waals surface area contributed by atoms with E-state index in [2.05, 4.69) is 4.90 Å². The number of carboxylic acids is 1. The fourth-order valence-corrected chi connectivity index (χ4v) is 4.64. The van der Waals surface area contributed by atoms with E-state index >= 15 is 0 Å². The number of carboxylic acid groups (broad SMARTS) is 1. The maximum absolute atomic E-state index is 12.8. The number of nitrogens with zero attached hydrogens (tertiary/aromatic N) is 1. The van der Waals surface area contributed by atoms with Crippen LogP contribution in [0.3, 0.4) is 0 Å². The Balaban J connectivity index is 1.53. The minimum absolute atomic E-state index is 0.374. The van der Waals surface area contributed by atoms with Crippen LogP contribution in [0.1, 0.15) is 56.1 Å². The highest BCUT2D eigenvalue weighted by Gasteiger charge is 2.44. The number of likely N-dealkylation sites (tertiary alicyclic amines) is 1. The van der Waals surface area contributed by atoms with Crippen LogP contribution in [0.2, 0.25) is 0 Å². The quantitative estimate of drug-likeness (QED) is 0.736. The van der Waals surface area contributed by atoms with Crippen molar-refractivity contribution in [2.45, 2.75) is 69.6 Å². The monoisotopic (exact) mass is 369 g/mol. The molecule has 1 N–H and O–H groups in total. The number of unbranched alkanes of at least 4 members (excludes halogenated alkanes) is 1. The maximum Gasteiger partial charge on any atom is 0.416 e. The number of rotatable bonds is 6. The fraction of sp³-hybridized carbons (Fsp3) is 0.650. The summed E-state index contributed by atoms with van der Waals surface area (Å²) in [5.74, 6) is -0.245. The van der Waals surface area contributed by atoms with Crippen molar-refractivity contribution < 1.29 is 23.1 Å². The highest BCUT2D eigenvalue weighted by Crippen LogP contribution is 2.40. The molecule has 0 spiro atoms. The lowest BCUT2D eigenvalue weighted by Crippen LogP contribution is -2.42. The molecule has 1 saturated carbocycles. The largest absolute Gasteiger partial charge is 0.480 e. The lowest BCUT2D eigenvalue weighted by atomic mass is 9.84. The predicted octanol–water partition coefficient (Wildman–Crippen LogP) is 4.75. The normalized spacial score (nSPS) is 26.7. The standard InChI is InChI=1S/C20H26F3NO2/c21-20(22,23)16-9-5-7-14(12-16)6-3-4-11-24-17-10-2-1-8-15(17)13-18(24)19(25)26/h5,7,9,12,15,17-18H,1-4,6,8,10-11,13H2,(H,25,26). The smallest absolute Gasteiger partial charge is 0.416 e. The Morgan fingerprint density at radius 1 is 1.19 bits per heavy atom. The Hall–Kier alpha value is -1.56. The van der Waals surface area contributed by atoms with Crippen LogP contribution in [0.4, 0.5) is 13.2 Å². The lowest BCUT2D eigenvalue weighted by molar-refractivity contribution is -0.142. The summed E-state index contributed by atoms with van der Waals surface area (Å²) in [6, 6.07) is 5.46. The number of aryl methyl sites for hydroxylation is 1. The average molecular weight is 369 g/mol. The molecule has 6 heteroatoms. The van der Waals surface area contributed by atoms with Gasteiger partial charge < -0.3 is 5.11 Å². The molecule has 2 aliphatic rings. The first-order valence-corrected chi connectivity index (χ1v) is 9.51. The van der Waals surface area contributed by atoms with Gasteiger partial charge in [-0.05, 0) is 62.6 Å². The Labute approximate surface area is 152 Å². The topological polar surface area (TPSA) is 40.5 Å². The number of fused-ring (bicyclic) bond motifs is 1. The molecular weight excluding hydrogens is 343 g/mol. The van der Waals surface area contributed by atoms with Crippen molar-refractivity contribution in [2.75, 3.05) is 6.54 Å². The molecule has 1 aliphatic heterocycles. The first kappa shape index (κ1) is 19.2. The van der Waals surface area contributed by atoms with Crippen molar-refractivity contribution >= 4 is 5.97 Å². The Bertz CT molecular complexity index is 632. The molecule has 26 heavy (non-hydrogen) atoms. The Morgan fingerprint density at radius 2 is 1.96 bits per heavy atom. The molecular formula is C20H26F3NO2. The van der Waals surface area contributed by atoms with Gasteiger partial charge in [-0.2, -0.15) is 13.2 Å². The molecule has 3 nitrogen and oxygen atoms in total. The van der Waals surface area contributed by atoms with E-state index in [4.69, 9.17) is 0 Å². The Morgan fingerprint density at radius 3 is 2.69 bits per heavy atom. The number of halogens is 3. The van der Waals surface area contributed by atoms with E-state index in [9.17, 15) is 23.1 Å². The summed E-state index contributed by atoms with van der Waals surface area (Å²) < 4.78 is 38.3. The van der Waals surface area contributed by atoms with E-state index < -0.39 is 23.8 Å². The molecule has 0 amide bonds. The SMILES string of the molecule is O=C(O)C1CC2CCCCC2N1CCCCc1cccc(C(F)(F)F)c1. The second-order valence-corrected chi connectivity index (χ2v) is 7.59. The molecule has 1 aromatic rings. The molecule has 1 saturated heterocycles. The van der Waals surface area contributed by atoms with Crippen LogP contribution in [0.15, 0.2) is 24.3 Å². The first-order valence-electron chi connectivity index (χ1n) is 9.51. The van der Waals surface area contributed by atoms with Gasteiger partial charge >= 0.3 is 12.1 Å². The zero-order valence-electron chi connectivity index (χ0n) is 14.8. The van der Waals surface area contributed by atoms with E-state index in [1.807, 2.05) is 0 Å². The number of hydrogen-bond donors (Lipinski definition) is 1. The zero-order chi connectivity index (χ0) is 18.7. The number of benzene rings is 1. The van der Waals surface area contributed by atoms with Gasteiger partial charge in [0.15, 0.2) is 0 Å². The average Bonchev–Trinajstić information content (AvgIpc) is 2.97. The van der Waals surface area contributed by atoms with Crippen LogP contribution in [0.25, 0.3) is 0 Å². The van der Waals surface area contributed by atoms with Crippen LogP contribution in [-0.2, 0) is 17.4 Å². The molecule has 144 valence electrons. The molecule has 0 aromatic heterocycles. The van der Waals surface area contributed by atoms with Crippen LogP contribution in [0, 0.1) is 5.92 Å². The van der Waals surface area contributed by atoms with E-state index in [1.165, 1.54) is 18.6 Å². The van der Waals surface area contributed by atoms with Gasteiger partial charge in [0.05, 0.1) is 5.56 Å². The molecule has 1 heterocycles. The summed E-state index contributed by atoms with van der Waals surface area (Å²) in [6.07, 6.45) is 3.14. The number of alkyl halides is 3. The van der Waals surface area contributed by atoms with Gasteiger partial charge in [-0.15, -0.1) is 0 Å². The first-order chi connectivity index (χ1) is 12.4. The Kier molecular flexibility index (Phi) is 5.90. The maximum atomic E-state index is 12.8. The zero-order valence-corrected chi connectivity index (χ0v) is 14.8. The summed E-state index contributed by atoms with van der Waals surface area (Å²) in [5.41, 5.74) is 0.0807. The molecule has 3 rings (SSSR count). The van der Waals surface area contributed by atoms with Crippen molar-refractivity contribution in [1.82, 2.24) is 4.90 Å². The third-order valence-electron chi connectivity index (χ3n) is 5.89. The summed E-state index contributed by atoms with van der Waals surface area (Å²) in [6.45, 7) is 0.719. The fourth-order valence-electron chi connectivity index (χ4n) is 4.64. The molecule has 3 atom stereocenters. The third-order valence-corrected chi connectivity index (χ3v) is 5.89. The molecule has 0 bridgehead atoms. The van der Waals surface area contributed by atoms with E-state index in [0.29, 0.717) is 23.9 Å². The number of aliphatic carboxylic acids is 1. The molecule has 1 aliphatic carbocycles. The van der Waals surface area contributed by atoms with Crippen molar-refractivity contribution in [3.8, 4) is 0 Å². The van der Waals surface area contributed by atoms with Crippen molar-refractivity contribution in [3.05, 3.63) is 35.4 Å². The lowest BCUT2D eigenvalue weighted by Gasteiger charge is -2.33. The van der Waals surface area contributed by atoms with Gasteiger partial charge in [0, 0.05) is 6.04 Å². The van der Waals surface area contributed by atoms with Crippen molar-refractivity contribution in [3.63, 3.8) is 0 Å². The summed E-state index contributed by atoms with van der Waals surface area (Å²) in [5, 5.41) is 9.52. The third kappa shape index (κ3) is 4.40. The van der Waals surface area contributed by atoms with Gasteiger partial charge in [-0.3, -0.25) is 9.69 Å². The van der Waals surface area contributed by atoms with Gasteiger partial charge in [0.2, 0.25) is 0 Å². The van der Waals surface area contributed by atoms with Crippen molar-refractivity contribution in [2.24, 2.45) is 5.92 Å². The predicted molar refractivity (Wildman–Crippen MR) is 92.9 cm³/mol. The van der Waals surface area contributed by atoms with Gasteiger partial charge in [0.25, 0.3) is 0 Å². The van der Waals surface area contributed by atoms with Crippen LogP contribution < -0.4 is 0 Å². The molecule has 3 unspecified atom stereocenters. The number of hydrogen-bond acceptors (Lipinski definition) is 2. The van der Waals surface area contributed by atoms with Crippen LogP contribution in [0.5, 0.6) is 0 Å². The molecule has 1 aromatic carbocycles. The van der Waals surface area contributed by atoms with Gasteiger partial charge in [-0.1, -0.05) is 31.0 Å². The second-order valence-electron chi connectivity index (χ2n) is 7.59. The van der Waals surface area contributed by atoms with Crippen LogP contribution >= 0.6 is 0 Å². The van der Waals surface area contributed by atoms with Gasteiger partial charge in [-0.25, -0.2) is 0 Å². The minimum Gasteiger partial charge on any atom is -0.480 e. The van der Waals surface area contributed by atoms with E-state index in [-0.39, 0.29) is 0 Å². The van der Waals surface area contributed by atoms with Crippen molar-refractivity contribution in [1.29, 1.82) is 0 Å². The highest BCUT2D eigenvalue weighted by atomic mass is 19.4. The minimum atomic E-state index is -4.31. The second kappa shape index (κ2) is 7.99.